The van der Waals surface area contributed by atoms with Crippen LogP contribution in [0.15, 0.2) is 40.9 Å². The van der Waals surface area contributed by atoms with Gasteiger partial charge in [0.2, 0.25) is 5.82 Å². The van der Waals surface area contributed by atoms with Crippen LogP contribution >= 0.6 is 15.9 Å². The number of hydrogen-bond donors (Lipinski definition) is 3. The summed E-state index contributed by atoms with van der Waals surface area (Å²) in [5, 5.41) is 13.9. The van der Waals surface area contributed by atoms with Crippen molar-refractivity contribution in [1.82, 2.24) is 4.98 Å². The van der Waals surface area contributed by atoms with Crippen molar-refractivity contribution in [2.75, 3.05) is 10.7 Å². The van der Waals surface area contributed by atoms with Crippen molar-refractivity contribution in [3.63, 3.8) is 0 Å². The Labute approximate surface area is 123 Å². The first-order valence-corrected chi connectivity index (χ1v) is 6.50. The fourth-order valence-electron chi connectivity index (χ4n) is 1.60. The highest BCUT2D eigenvalue weighted by Crippen LogP contribution is 2.24. The lowest BCUT2D eigenvalue weighted by Crippen LogP contribution is -2.11. The van der Waals surface area contributed by atoms with Crippen LogP contribution < -0.4 is 16.6 Å². The fraction of sp³-hybridized carbons (Fsp3) is 0.0833. The monoisotopic (exact) mass is 337 g/mol. The van der Waals surface area contributed by atoms with Crippen molar-refractivity contribution in [1.29, 1.82) is 0 Å². The minimum atomic E-state index is -0.489. The summed E-state index contributed by atoms with van der Waals surface area (Å²) in [5.41, 5.74) is 3.24. The van der Waals surface area contributed by atoms with E-state index >= 15 is 0 Å². The Balaban J connectivity index is 2.18. The Hall–Kier alpha value is -2.19. The molecule has 2 aromatic rings. The number of pyridine rings is 1. The van der Waals surface area contributed by atoms with Crippen molar-refractivity contribution < 1.29 is 4.92 Å². The van der Waals surface area contributed by atoms with Gasteiger partial charge in [-0.15, -0.1) is 0 Å². The standard InChI is InChI=1S/C12H12BrN5O2/c13-9-3-1-8(2-4-9)7-15-12-10(18(19)20)5-6-11(16-12)17-14/h1-6H,7,14H2,(H2,15,16,17). The molecule has 1 aromatic carbocycles. The van der Waals surface area contributed by atoms with Gasteiger partial charge in [-0.2, -0.15) is 0 Å². The van der Waals surface area contributed by atoms with Crippen molar-refractivity contribution in [3.05, 3.63) is 56.5 Å². The van der Waals surface area contributed by atoms with Gasteiger partial charge in [-0.05, 0) is 23.8 Å². The smallest absolute Gasteiger partial charge is 0.311 e. The summed E-state index contributed by atoms with van der Waals surface area (Å²) in [4.78, 5) is 14.5. The minimum Gasteiger partial charge on any atom is -0.360 e. The topological polar surface area (TPSA) is 106 Å². The van der Waals surface area contributed by atoms with E-state index in [1.807, 2.05) is 24.3 Å². The molecule has 0 fully saturated rings. The van der Waals surface area contributed by atoms with E-state index in [4.69, 9.17) is 5.84 Å². The Bertz CT molecular complexity index is 618. The van der Waals surface area contributed by atoms with Gasteiger partial charge in [0.1, 0.15) is 5.82 Å². The van der Waals surface area contributed by atoms with E-state index in [1.165, 1.54) is 12.1 Å². The van der Waals surface area contributed by atoms with Crippen LogP contribution in [-0.4, -0.2) is 9.91 Å². The summed E-state index contributed by atoms with van der Waals surface area (Å²) in [6, 6.07) is 10.4. The van der Waals surface area contributed by atoms with Gasteiger partial charge in [-0.25, -0.2) is 10.8 Å². The molecule has 4 N–H and O–H groups in total. The summed E-state index contributed by atoms with van der Waals surface area (Å²) in [5.74, 6) is 5.78. The van der Waals surface area contributed by atoms with E-state index in [2.05, 4.69) is 31.7 Å². The first-order valence-electron chi connectivity index (χ1n) is 5.70. The third-order valence-corrected chi connectivity index (χ3v) is 3.12. The molecular weight excluding hydrogens is 326 g/mol. The van der Waals surface area contributed by atoms with E-state index in [1.54, 1.807) is 0 Å². The highest BCUT2D eigenvalue weighted by atomic mass is 79.9. The molecule has 0 aliphatic rings. The lowest BCUT2D eigenvalue weighted by molar-refractivity contribution is -0.384. The van der Waals surface area contributed by atoms with Gasteiger partial charge in [0, 0.05) is 17.1 Å². The molecule has 8 heteroatoms. The van der Waals surface area contributed by atoms with Gasteiger partial charge in [0.25, 0.3) is 0 Å². The van der Waals surface area contributed by atoms with E-state index in [0.29, 0.717) is 12.4 Å². The molecule has 0 spiro atoms. The van der Waals surface area contributed by atoms with E-state index in [-0.39, 0.29) is 11.5 Å². The number of nitrogens with two attached hydrogens (primary N) is 1. The number of nitrogens with zero attached hydrogens (tertiary/aromatic N) is 2. The Kier molecular flexibility index (Phi) is 4.49. The molecule has 2 rings (SSSR count). The Morgan fingerprint density at radius 2 is 1.95 bits per heavy atom. The average molecular weight is 338 g/mol. The van der Waals surface area contributed by atoms with Gasteiger partial charge >= 0.3 is 5.69 Å². The number of nitro groups is 1. The number of nitrogens with one attached hydrogen (secondary N) is 2. The molecule has 0 saturated carbocycles. The van der Waals surface area contributed by atoms with Crippen molar-refractivity contribution in [2.45, 2.75) is 6.54 Å². The number of halogens is 1. The van der Waals surface area contributed by atoms with Gasteiger partial charge < -0.3 is 10.7 Å². The van der Waals surface area contributed by atoms with Gasteiger partial charge in [0.05, 0.1) is 4.92 Å². The first kappa shape index (κ1) is 14.2. The van der Waals surface area contributed by atoms with Crippen LogP contribution in [0.3, 0.4) is 0 Å². The van der Waals surface area contributed by atoms with Gasteiger partial charge in [-0.3, -0.25) is 10.1 Å². The molecular formula is C12H12BrN5O2. The molecule has 20 heavy (non-hydrogen) atoms. The maximum absolute atomic E-state index is 10.9. The van der Waals surface area contributed by atoms with E-state index in [0.717, 1.165) is 10.0 Å². The summed E-state index contributed by atoms with van der Waals surface area (Å²) >= 11 is 3.35. The van der Waals surface area contributed by atoms with Crippen LogP contribution in [0.2, 0.25) is 0 Å². The molecule has 0 atom stereocenters. The Morgan fingerprint density at radius 3 is 2.55 bits per heavy atom. The van der Waals surface area contributed by atoms with Crippen LogP contribution in [0.1, 0.15) is 5.56 Å². The fourth-order valence-corrected chi connectivity index (χ4v) is 1.86. The van der Waals surface area contributed by atoms with Crippen LogP contribution in [0, 0.1) is 10.1 Å². The van der Waals surface area contributed by atoms with Crippen LogP contribution in [0.4, 0.5) is 17.3 Å². The third-order valence-electron chi connectivity index (χ3n) is 2.59. The zero-order valence-corrected chi connectivity index (χ0v) is 11.9. The largest absolute Gasteiger partial charge is 0.360 e. The maximum atomic E-state index is 10.9. The lowest BCUT2D eigenvalue weighted by Gasteiger charge is -2.08. The third kappa shape index (κ3) is 3.43. The molecule has 0 unspecified atom stereocenters. The van der Waals surface area contributed by atoms with Gasteiger partial charge in [0.15, 0.2) is 0 Å². The second kappa shape index (κ2) is 6.31. The minimum absolute atomic E-state index is 0.0962. The van der Waals surface area contributed by atoms with Crippen molar-refractivity contribution in [2.24, 2.45) is 5.84 Å². The second-order valence-corrected chi connectivity index (χ2v) is 4.86. The summed E-state index contributed by atoms with van der Waals surface area (Å²) in [6.07, 6.45) is 0. The predicted molar refractivity (Wildman–Crippen MR) is 80.2 cm³/mol. The number of aromatic nitrogens is 1. The average Bonchev–Trinajstić information content (AvgIpc) is 2.46. The van der Waals surface area contributed by atoms with E-state index < -0.39 is 4.92 Å². The normalized spacial score (nSPS) is 10.1. The van der Waals surface area contributed by atoms with Crippen LogP contribution in [0.25, 0.3) is 0 Å². The van der Waals surface area contributed by atoms with Crippen molar-refractivity contribution in [3.8, 4) is 0 Å². The highest BCUT2D eigenvalue weighted by Gasteiger charge is 2.15. The van der Waals surface area contributed by atoms with E-state index in [9.17, 15) is 10.1 Å². The molecule has 0 bridgehead atoms. The summed E-state index contributed by atoms with van der Waals surface area (Å²) < 4.78 is 0.972. The van der Waals surface area contributed by atoms with Crippen LogP contribution in [-0.2, 0) is 6.54 Å². The first-order chi connectivity index (χ1) is 9.60. The molecule has 1 aromatic heterocycles. The number of benzene rings is 1. The molecule has 0 saturated heterocycles. The molecule has 0 amide bonds. The summed E-state index contributed by atoms with van der Waals surface area (Å²) in [7, 11) is 0. The maximum Gasteiger partial charge on any atom is 0.311 e. The molecule has 104 valence electrons. The molecule has 1 heterocycles. The number of anilines is 2. The molecule has 0 aliphatic heterocycles. The van der Waals surface area contributed by atoms with Crippen molar-refractivity contribution >= 4 is 33.3 Å². The molecule has 7 nitrogen and oxygen atoms in total. The highest BCUT2D eigenvalue weighted by molar-refractivity contribution is 9.10. The predicted octanol–water partition coefficient (Wildman–Crippen LogP) is 2.65. The summed E-state index contributed by atoms with van der Waals surface area (Å²) in [6.45, 7) is 0.426. The molecule has 0 aliphatic carbocycles. The zero-order valence-electron chi connectivity index (χ0n) is 10.3. The SMILES string of the molecule is NNc1ccc([N+](=O)[O-])c(NCc2ccc(Br)cc2)n1. The number of hydrogen-bond acceptors (Lipinski definition) is 6. The lowest BCUT2D eigenvalue weighted by atomic mass is 10.2. The molecule has 0 radical (unpaired) electrons. The second-order valence-electron chi connectivity index (χ2n) is 3.95. The number of rotatable bonds is 5. The zero-order chi connectivity index (χ0) is 14.5. The van der Waals surface area contributed by atoms with Crippen LogP contribution in [0.5, 0.6) is 0 Å². The quantitative estimate of drug-likeness (QED) is 0.440. The number of nitrogen functional groups attached to an aromatic ring is 1. The number of hydrazine groups is 1. The Morgan fingerprint density at radius 1 is 1.25 bits per heavy atom. The van der Waals surface area contributed by atoms with Gasteiger partial charge in [-0.1, -0.05) is 28.1 Å².